The van der Waals surface area contributed by atoms with Crippen LogP contribution in [0, 0.1) is 10.1 Å². The number of benzene rings is 1. The Hall–Kier alpha value is -1.51. The summed E-state index contributed by atoms with van der Waals surface area (Å²) in [5.41, 5.74) is 7.69. The van der Waals surface area contributed by atoms with Crippen LogP contribution in [0.15, 0.2) is 22.7 Å². The molecule has 0 saturated carbocycles. The van der Waals surface area contributed by atoms with Gasteiger partial charge < -0.3 is 5.73 Å². The van der Waals surface area contributed by atoms with E-state index in [4.69, 9.17) is 10.6 Å². The van der Waals surface area contributed by atoms with Crippen molar-refractivity contribution in [2.24, 2.45) is 5.73 Å². The van der Waals surface area contributed by atoms with E-state index in [1.54, 1.807) is 12.1 Å². The van der Waals surface area contributed by atoms with Gasteiger partial charge in [0.25, 0.3) is 5.69 Å². The summed E-state index contributed by atoms with van der Waals surface area (Å²) in [4.78, 5) is 25.3. The van der Waals surface area contributed by atoms with E-state index >= 15 is 0 Å². The summed E-state index contributed by atoms with van der Waals surface area (Å²) >= 11 is 3.15. The maximum Gasteiger partial charge on any atom is 0.275 e. The van der Waals surface area contributed by atoms with Crippen LogP contribution in [0.5, 0.6) is 0 Å². The molecular weight excluding hydrogens is 294 g/mol. The minimum Gasteiger partial charge on any atom is -0.368 e. The summed E-state index contributed by atoms with van der Waals surface area (Å²) in [5.74, 6) is -0.622. The number of hydroxylamine groups is 1. The lowest BCUT2D eigenvalue weighted by Crippen LogP contribution is -2.24. The van der Waals surface area contributed by atoms with Crippen LogP contribution < -0.4 is 11.2 Å². The van der Waals surface area contributed by atoms with E-state index in [1.165, 1.54) is 6.07 Å². The van der Waals surface area contributed by atoms with E-state index in [1.807, 2.05) is 0 Å². The number of primary amides is 1. The number of nitrogens with two attached hydrogens (primary N) is 1. The molecule has 0 bridgehead atoms. The molecule has 1 rings (SSSR count). The summed E-state index contributed by atoms with van der Waals surface area (Å²) in [5, 5.41) is 10.8. The SMILES string of the molecule is NC(=O)CONCc1ccc(Br)cc1[N+](=O)[O-]. The van der Waals surface area contributed by atoms with Gasteiger partial charge in [-0.3, -0.25) is 19.7 Å². The van der Waals surface area contributed by atoms with Gasteiger partial charge in [0.05, 0.1) is 11.5 Å². The quantitative estimate of drug-likeness (QED) is 0.460. The highest BCUT2D eigenvalue weighted by Gasteiger charge is 2.13. The fourth-order valence-electron chi connectivity index (χ4n) is 1.11. The Morgan fingerprint density at radius 2 is 2.29 bits per heavy atom. The van der Waals surface area contributed by atoms with Crippen molar-refractivity contribution in [3.8, 4) is 0 Å². The number of nitro benzene ring substituents is 1. The van der Waals surface area contributed by atoms with E-state index in [9.17, 15) is 14.9 Å². The smallest absolute Gasteiger partial charge is 0.275 e. The molecule has 0 atom stereocenters. The number of rotatable bonds is 6. The lowest BCUT2D eigenvalue weighted by molar-refractivity contribution is -0.385. The number of halogens is 1. The number of nitrogens with zero attached hydrogens (tertiary/aromatic N) is 1. The molecule has 0 radical (unpaired) electrons. The molecule has 17 heavy (non-hydrogen) atoms. The normalized spacial score (nSPS) is 10.2. The Bertz CT molecular complexity index is 438. The lowest BCUT2D eigenvalue weighted by Gasteiger charge is -2.05. The van der Waals surface area contributed by atoms with Crippen molar-refractivity contribution in [3.05, 3.63) is 38.3 Å². The molecule has 0 aliphatic carbocycles. The Labute approximate surface area is 105 Å². The second-order valence-electron chi connectivity index (χ2n) is 3.11. The fourth-order valence-corrected chi connectivity index (χ4v) is 1.46. The number of hydrogen-bond acceptors (Lipinski definition) is 5. The number of carbonyl (C=O) groups excluding carboxylic acids is 1. The third kappa shape index (κ3) is 4.47. The van der Waals surface area contributed by atoms with Crippen molar-refractivity contribution in [1.82, 2.24) is 5.48 Å². The highest BCUT2D eigenvalue weighted by Crippen LogP contribution is 2.23. The maximum atomic E-state index is 10.8. The van der Waals surface area contributed by atoms with Crippen LogP contribution in [0.4, 0.5) is 5.69 Å². The number of hydrogen-bond donors (Lipinski definition) is 2. The van der Waals surface area contributed by atoms with E-state index in [-0.39, 0.29) is 18.8 Å². The molecule has 0 heterocycles. The summed E-state index contributed by atoms with van der Waals surface area (Å²) in [6.07, 6.45) is 0. The molecule has 0 aliphatic heterocycles. The minimum absolute atomic E-state index is 0.0328. The first kappa shape index (κ1) is 13.6. The standard InChI is InChI=1S/C9H10BrN3O4/c10-7-2-1-6(8(3-7)13(15)16)4-12-17-5-9(11)14/h1-3,12H,4-5H2,(H2,11,14). The average Bonchev–Trinajstić information content (AvgIpc) is 2.25. The zero-order valence-corrected chi connectivity index (χ0v) is 10.3. The lowest BCUT2D eigenvalue weighted by atomic mass is 10.2. The average molecular weight is 304 g/mol. The summed E-state index contributed by atoms with van der Waals surface area (Å²) in [6, 6.07) is 4.66. The van der Waals surface area contributed by atoms with Crippen LogP contribution in [-0.2, 0) is 16.2 Å². The third-order valence-corrected chi connectivity index (χ3v) is 2.32. The van der Waals surface area contributed by atoms with Gasteiger partial charge in [0.2, 0.25) is 5.91 Å². The highest BCUT2D eigenvalue weighted by molar-refractivity contribution is 9.10. The fraction of sp³-hybridized carbons (Fsp3) is 0.222. The first-order valence-electron chi connectivity index (χ1n) is 4.56. The van der Waals surface area contributed by atoms with Crippen molar-refractivity contribution >= 4 is 27.5 Å². The molecule has 1 aromatic carbocycles. The van der Waals surface area contributed by atoms with E-state index in [0.717, 1.165) is 0 Å². The van der Waals surface area contributed by atoms with Crippen LogP contribution >= 0.6 is 15.9 Å². The molecule has 0 saturated heterocycles. The maximum absolute atomic E-state index is 10.8. The van der Waals surface area contributed by atoms with Crippen molar-refractivity contribution in [2.75, 3.05) is 6.61 Å². The molecule has 0 aliphatic rings. The summed E-state index contributed by atoms with van der Waals surface area (Å²) in [7, 11) is 0. The van der Waals surface area contributed by atoms with E-state index < -0.39 is 10.8 Å². The van der Waals surface area contributed by atoms with E-state index in [2.05, 4.69) is 21.4 Å². The molecule has 7 nitrogen and oxygen atoms in total. The van der Waals surface area contributed by atoms with Crippen LogP contribution in [-0.4, -0.2) is 17.4 Å². The molecule has 0 unspecified atom stereocenters. The molecule has 3 N–H and O–H groups in total. The molecule has 1 aromatic rings. The van der Waals surface area contributed by atoms with Gasteiger partial charge in [0, 0.05) is 16.1 Å². The van der Waals surface area contributed by atoms with Crippen molar-refractivity contribution in [2.45, 2.75) is 6.54 Å². The summed E-state index contributed by atoms with van der Waals surface area (Å²) in [6.45, 7) is -0.179. The second-order valence-corrected chi connectivity index (χ2v) is 4.02. The Balaban J connectivity index is 2.64. The monoisotopic (exact) mass is 303 g/mol. The Kier molecular flexibility index (Phi) is 5.01. The number of carbonyl (C=O) groups is 1. The van der Waals surface area contributed by atoms with Gasteiger partial charge >= 0.3 is 0 Å². The summed E-state index contributed by atoms with van der Waals surface area (Å²) < 4.78 is 0.617. The molecule has 0 aromatic heterocycles. The van der Waals surface area contributed by atoms with Gasteiger partial charge in [-0.15, -0.1) is 0 Å². The molecule has 0 spiro atoms. The van der Waals surface area contributed by atoms with Gasteiger partial charge in [-0.2, -0.15) is 5.48 Å². The zero-order valence-electron chi connectivity index (χ0n) is 8.68. The molecule has 8 heteroatoms. The van der Waals surface area contributed by atoms with Crippen molar-refractivity contribution < 1.29 is 14.6 Å². The highest BCUT2D eigenvalue weighted by atomic mass is 79.9. The van der Waals surface area contributed by atoms with Crippen molar-refractivity contribution in [1.29, 1.82) is 0 Å². The first-order chi connectivity index (χ1) is 8.00. The molecule has 0 fully saturated rings. The number of nitro groups is 1. The van der Waals surface area contributed by atoms with Gasteiger partial charge in [-0.25, -0.2) is 0 Å². The predicted molar refractivity (Wildman–Crippen MR) is 62.8 cm³/mol. The minimum atomic E-state index is -0.622. The topological polar surface area (TPSA) is 107 Å². The Morgan fingerprint density at radius 1 is 1.59 bits per heavy atom. The first-order valence-corrected chi connectivity index (χ1v) is 5.36. The van der Waals surface area contributed by atoms with Gasteiger partial charge in [-0.1, -0.05) is 15.9 Å². The van der Waals surface area contributed by atoms with Gasteiger partial charge in [-0.05, 0) is 12.1 Å². The van der Waals surface area contributed by atoms with Gasteiger partial charge in [0.15, 0.2) is 0 Å². The number of nitrogens with one attached hydrogen (secondary N) is 1. The van der Waals surface area contributed by atoms with Crippen LogP contribution in [0.1, 0.15) is 5.56 Å². The molecule has 1 amide bonds. The third-order valence-electron chi connectivity index (χ3n) is 1.82. The van der Waals surface area contributed by atoms with E-state index in [0.29, 0.717) is 10.0 Å². The van der Waals surface area contributed by atoms with Crippen molar-refractivity contribution in [3.63, 3.8) is 0 Å². The van der Waals surface area contributed by atoms with Gasteiger partial charge in [0.1, 0.15) is 6.61 Å². The predicted octanol–water partition coefficient (Wildman–Crippen LogP) is 0.864. The van der Waals surface area contributed by atoms with Crippen LogP contribution in [0.3, 0.4) is 0 Å². The van der Waals surface area contributed by atoms with Crippen LogP contribution in [0.2, 0.25) is 0 Å². The Morgan fingerprint density at radius 3 is 2.88 bits per heavy atom. The second kappa shape index (κ2) is 6.28. The molecular formula is C9H10BrN3O4. The number of amides is 1. The largest absolute Gasteiger partial charge is 0.368 e. The van der Waals surface area contributed by atoms with Crippen LogP contribution in [0.25, 0.3) is 0 Å². The molecule has 92 valence electrons. The zero-order chi connectivity index (χ0) is 12.8.